The monoisotopic (exact) mass is 607 g/mol. The van der Waals surface area contributed by atoms with Crippen LogP contribution in [0.3, 0.4) is 0 Å². The normalized spacial score (nSPS) is 23.3. The van der Waals surface area contributed by atoms with Gasteiger partial charge < -0.3 is 29.0 Å². The van der Waals surface area contributed by atoms with Crippen molar-refractivity contribution in [1.82, 2.24) is 9.55 Å². The summed E-state index contributed by atoms with van der Waals surface area (Å²) in [6, 6.07) is 6.62. The molecule has 222 valence electrons. The molecular weight excluding hydrogens is 582 g/mol. The van der Waals surface area contributed by atoms with Crippen LogP contribution >= 0.6 is 11.6 Å². The molecule has 1 aliphatic carbocycles. The SMILES string of the molecule is COc1cc(OC)c2c(c1Cl)OC1(C(=O)C3=C(CC1C)Nc1c(c(=O)[nH]c(=O)n1C)C3c1ccc3c(c1)OCCO3)C2=O. The molecule has 3 aliphatic heterocycles. The highest BCUT2D eigenvalue weighted by atomic mass is 35.5. The minimum atomic E-state index is -2.00. The van der Waals surface area contributed by atoms with Crippen molar-refractivity contribution in [3.8, 4) is 28.7 Å². The van der Waals surface area contributed by atoms with Crippen molar-refractivity contribution in [1.29, 1.82) is 0 Å². The summed E-state index contributed by atoms with van der Waals surface area (Å²) in [5, 5.41) is 3.21. The Morgan fingerprint density at radius 2 is 1.72 bits per heavy atom. The second kappa shape index (κ2) is 9.40. The molecule has 4 heterocycles. The number of Topliss-reactive ketones (excluding diaryl/α,β-unsaturated/α-hetero) is 2. The first-order chi connectivity index (χ1) is 20.6. The maximum absolute atomic E-state index is 14.9. The third-order valence-electron chi connectivity index (χ3n) is 8.64. The number of hydrogen-bond acceptors (Lipinski definition) is 10. The smallest absolute Gasteiger partial charge is 0.329 e. The van der Waals surface area contributed by atoms with Gasteiger partial charge in [0.25, 0.3) is 5.56 Å². The lowest BCUT2D eigenvalue weighted by Gasteiger charge is -2.42. The highest BCUT2D eigenvalue weighted by Crippen LogP contribution is 2.56. The highest BCUT2D eigenvalue weighted by Gasteiger charge is 2.63. The van der Waals surface area contributed by atoms with E-state index in [-0.39, 0.29) is 51.2 Å². The van der Waals surface area contributed by atoms with Crippen LogP contribution in [0.5, 0.6) is 28.7 Å². The van der Waals surface area contributed by atoms with E-state index in [1.807, 2.05) is 0 Å². The third kappa shape index (κ3) is 3.56. The number of carbonyl (C=O) groups is 2. The lowest BCUT2D eigenvalue weighted by molar-refractivity contribution is -0.130. The number of fused-ring (bicyclic) bond motifs is 3. The molecule has 2 aromatic carbocycles. The van der Waals surface area contributed by atoms with Gasteiger partial charge in [-0.05, 0) is 24.1 Å². The Morgan fingerprint density at radius 1 is 1.00 bits per heavy atom. The number of ether oxygens (including phenoxy) is 5. The predicted molar refractivity (Wildman–Crippen MR) is 153 cm³/mol. The molecule has 0 fully saturated rings. The van der Waals surface area contributed by atoms with Crippen molar-refractivity contribution < 1.29 is 33.3 Å². The van der Waals surface area contributed by atoms with Gasteiger partial charge in [0, 0.05) is 36.2 Å². The van der Waals surface area contributed by atoms with E-state index in [2.05, 4.69) is 10.3 Å². The summed E-state index contributed by atoms with van der Waals surface area (Å²) in [6.45, 7) is 2.44. The molecule has 1 spiro atoms. The van der Waals surface area contributed by atoms with Gasteiger partial charge in [-0.15, -0.1) is 0 Å². The largest absolute Gasteiger partial charge is 0.496 e. The van der Waals surface area contributed by atoms with Gasteiger partial charge in [0.2, 0.25) is 17.2 Å². The Bertz CT molecular complexity index is 1930. The molecule has 0 saturated heterocycles. The van der Waals surface area contributed by atoms with Gasteiger partial charge in [0.15, 0.2) is 17.2 Å². The molecule has 13 heteroatoms. The predicted octanol–water partition coefficient (Wildman–Crippen LogP) is 2.95. The second-order valence-electron chi connectivity index (χ2n) is 10.8. The zero-order valence-electron chi connectivity index (χ0n) is 23.6. The number of aromatic nitrogens is 2. The van der Waals surface area contributed by atoms with E-state index in [1.54, 1.807) is 25.1 Å². The first-order valence-corrected chi connectivity index (χ1v) is 14.0. The Hall–Kier alpha value is -4.71. The first-order valence-electron chi connectivity index (χ1n) is 13.6. The average Bonchev–Trinajstić information content (AvgIpc) is 3.32. The molecule has 4 aliphatic rings. The summed E-state index contributed by atoms with van der Waals surface area (Å²) in [4.78, 5) is 57.6. The van der Waals surface area contributed by atoms with Gasteiger partial charge in [0.1, 0.15) is 41.1 Å². The van der Waals surface area contributed by atoms with Gasteiger partial charge in [-0.3, -0.25) is 23.9 Å². The Labute approximate surface area is 249 Å². The molecule has 3 aromatic rings. The number of nitrogens with one attached hydrogen (secondary N) is 2. The number of carbonyl (C=O) groups excluding carboxylic acids is 2. The topological polar surface area (TPSA) is 147 Å². The Kier molecular flexibility index (Phi) is 5.93. The molecule has 0 bridgehead atoms. The van der Waals surface area contributed by atoms with E-state index in [0.29, 0.717) is 36.0 Å². The molecule has 2 N–H and O–H groups in total. The van der Waals surface area contributed by atoms with Crippen molar-refractivity contribution in [2.24, 2.45) is 13.0 Å². The summed E-state index contributed by atoms with van der Waals surface area (Å²) in [5.41, 5.74) is -1.95. The number of rotatable bonds is 3. The number of halogens is 1. The van der Waals surface area contributed by atoms with E-state index in [9.17, 15) is 19.2 Å². The number of methoxy groups -OCH3 is 2. The van der Waals surface area contributed by atoms with Gasteiger partial charge in [-0.1, -0.05) is 24.6 Å². The molecule has 3 unspecified atom stereocenters. The van der Waals surface area contributed by atoms with E-state index >= 15 is 0 Å². The van der Waals surface area contributed by atoms with Gasteiger partial charge in [0.05, 0.1) is 19.8 Å². The van der Waals surface area contributed by atoms with Crippen LogP contribution in [0.25, 0.3) is 0 Å². The first kappa shape index (κ1) is 27.1. The number of ketones is 2. The van der Waals surface area contributed by atoms with Crippen LogP contribution in [0.2, 0.25) is 5.02 Å². The van der Waals surface area contributed by atoms with Gasteiger partial charge in [-0.25, -0.2) is 4.79 Å². The minimum absolute atomic E-state index is 0.00703. The van der Waals surface area contributed by atoms with Crippen LogP contribution < -0.4 is 40.3 Å². The van der Waals surface area contributed by atoms with E-state index < -0.39 is 40.3 Å². The molecular formula is C30H26ClN3O9. The van der Waals surface area contributed by atoms with Crippen molar-refractivity contribution in [3.05, 3.63) is 78.1 Å². The molecule has 0 saturated carbocycles. The standard InChI is InChI=1S/C30H26ClN3O9/c1-12-9-14-20(25(35)30(12)26(36)21-17(39-3)11-18(40-4)23(31)24(21)43-30)19(13-5-6-15-16(10-13)42-8-7-41-15)22-27(32-14)34(2)29(38)33-28(22)37/h5-6,10-12,19,32H,7-9H2,1-4H3,(H,33,37,38). The Morgan fingerprint density at radius 3 is 2.44 bits per heavy atom. The zero-order valence-corrected chi connectivity index (χ0v) is 24.3. The highest BCUT2D eigenvalue weighted by molar-refractivity contribution is 6.36. The number of benzene rings is 2. The van der Waals surface area contributed by atoms with Gasteiger partial charge >= 0.3 is 5.69 Å². The fraction of sp³-hybridized carbons (Fsp3) is 0.333. The lowest BCUT2D eigenvalue weighted by atomic mass is 9.66. The van der Waals surface area contributed by atoms with E-state index in [4.69, 9.17) is 35.3 Å². The number of nitrogens with zero attached hydrogens (tertiary/aromatic N) is 1. The fourth-order valence-corrected chi connectivity index (χ4v) is 6.80. The van der Waals surface area contributed by atoms with Crippen molar-refractivity contribution in [3.63, 3.8) is 0 Å². The van der Waals surface area contributed by atoms with Crippen LogP contribution in [0.15, 0.2) is 45.1 Å². The van der Waals surface area contributed by atoms with Crippen LogP contribution in [0.1, 0.15) is 40.7 Å². The molecule has 12 nitrogen and oxygen atoms in total. The minimum Gasteiger partial charge on any atom is -0.496 e. The van der Waals surface area contributed by atoms with E-state index in [0.717, 1.165) is 0 Å². The summed E-state index contributed by atoms with van der Waals surface area (Å²) in [6.07, 6.45) is 0.180. The summed E-state index contributed by atoms with van der Waals surface area (Å²) < 4.78 is 30.0. The maximum Gasteiger partial charge on any atom is 0.329 e. The summed E-state index contributed by atoms with van der Waals surface area (Å²) >= 11 is 6.60. The molecule has 3 atom stereocenters. The molecule has 0 radical (unpaired) electrons. The third-order valence-corrected chi connectivity index (χ3v) is 8.99. The average molecular weight is 608 g/mol. The summed E-state index contributed by atoms with van der Waals surface area (Å²) in [5.74, 6) is -1.32. The van der Waals surface area contributed by atoms with Crippen molar-refractivity contribution >= 4 is 29.0 Å². The maximum atomic E-state index is 14.9. The molecule has 0 amide bonds. The number of aromatic amines is 1. The zero-order chi connectivity index (χ0) is 30.4. The van der Waals surface area contributed by atoms with Crippen molar-refractivity contribution in [2.45, 2.75) is 24.9 Å². The number of H-pyrrole nitrogens is 1. The summed E-state index contributed by atoms with van der Waals surface area (Å²) in [7, 11) is 4.33. The van der Waals surface area contributed by atoms with Gasteiger partial charge in [-0.2, -0.15) is 0 Å². The second-order valence-corrected chi connectivity index (χ2v) is 11.2. The number of hydrogen-bond donors (Lipinski definition) is 2. The van der Waals surface area contributed by atoms with Crippen molar-refractivity contribution in [2.75, 3.05) is 32.8 Å². The van der Waals surface area contributed by atoms with Crippen LogP contribution in [0.4, 0.5) is 5.82 Å². The molecule has 1 aromatic heterocycles. The Balaban J connectivity index is 1.46. The lowest BCUT2D eigenvalue weighted by Crippen LogP contribution is -2.58. The molecule has 7 rings (SSSR count). The van der Waals surface area contributed by atoms with E-state index in [1.165, 1.54) is 31.9 Å². The number of allylic oxidation sites excluding steroid dienone is 1. The van der Waals surface area contributed by atoms with Crippen LogP contribution in [0, 0.1) is 5.92 Å². The number of anilines is 1. The quantitative estimate of drug-likeness (QED) is 0.426. The molecule has 43 heavy (non-hydrogen) atoms. The fourth-order valence-electron chi connectivity index (χ4n) is 6.54. The van der Waals surface area contributed by atoms with Crippen LogP contribution in [-0.2, 0) is 11.8 Å². The van der Waals surface area contributed by atoms with Crippen LogP contribution in [-0.4, -0.2) is 54.2 Å².